The second-order valence-electron chi connectivity index (χ2n) is 4.58. The monoisotopic (exact) mass is 246 g/mol. The number of benzene rings is 1. The molecule has 3 nitrogen and oxygen atoms in total. The van der Waals surface area contributed by atoms with E-state index in [-0.39, 0.29) is 11.9 Å². The van der Waals surface area contributed by atoms with Crippen molar-refractivity contribution < 1.29 is 14.6 Å². The van der Waals surface area contributed by atoms with E-state index in [1.807, 2.05) is 0 Å². The number of aliphatic hydroxyl groups is 1. The summed E-state index contributed by atoms with van der Waals surface area (Å²) in [5, 5.41) is 10.3. The summed E-state index contributed by atoms with van der Waals surface area (Å²) in [6.07, 6.45) is 6.95. The Hall–Kier alpha value is -1.61. The quantitative estimate of drug-likeness (QED) is 0.659. The van der Waals surface area contributed by atoms with Crippen LogP contribution in [0.1, 0.15) is 41.3 Å². The molecule has 0 aliphatic heterocycles. The summed E-state index contributed by atoms with van der Waals surface area (Å²) in [5.74, 6) is -0.170. The van der Waals surface area contributed by atoms with Crippen LogP contribution in [-0.4, -0.2) is 18.2 Å². The first-order chi connectivity index (χ1) is 8.72. The first-order valence-corrected chi connectivity index (χ1v) is 6.25. The number of esters is 1. The summed E-state index contributed by atoms with van der Waals surface area (Å²) in [6.45, 7) is 0. The number of carbonyl (C=O) groups excluding carboxylic acids is 1. The molecule has 1 aromatic rings. The Morgan fingerprint density at radius 3 is 2.67 bits per heavy atom. The van der Waals surface area contributed by atoms with Crippen LogP contribution >= 0.6 is 0 Å². The van der Waals surface area contributed by atoms with Crippen molar-refractivity contribution >= 4 is 5.97 Å². The lowest BCUT2D eigenvalue weighted by molar-refractivity contribution is 0.0600. The number of rotatable bonds is 3. The molecule has 0 spiro atoms. The second-order valence-corrected chi connectivity index (χ2v) is 4.58. The Kier molecular flexibility index (Phi) is 4.15. The zero-order valence-electron chi connectivity index (χ0n) is 10.5. The van der Waals surface area contributed by atoms with Crippen molar-refractivity contribution in [3.05, 3.63) is 47.5 Å². The minimum absolute atomic E-state index is 0.183. The molecule has 0 radical (unpaired) electrons. The van der Waals surface area contributed by atoms with Crippen LogP contribution in [0.3, 0.4) is 0 Å². The summed E-state index contributed by atoms with van der Waals surface area (Å²) in [7, 11) is 1.36. The summed E-state index contributed by atoms with van der Waals surface area (Å²) in [5.41, 5.74) is 1.35. The van der Waals surface area contributed by atoms with Crippen LogP contribution in [0.5, 0.6) is 0 Å². The lowest BCUT2D eigenvalue weighted by atomic mass is 9.87. The van der Waals surface area contributed by atoms with E-state index < -0.39 is 6.10 Å². The molecule has 0 fully saturated rings. The Bertz CT molecular complexity index is 434. The lowest BCUT2D eigenvalue weighted by Crippen LogP contribution is -2.12. The van der Waals surface area contributed by atoms with Crippen molar-refractivity contribution in [1.29, 1.82) is 0 Å². The van der Waals surface area contributed by atoms with Gasteiger partial charge in [-0.1, -0.05) is 24.3 Å². The maximum atomic E-state index is 11.3. The van der Waals surface area contributed by atoms with E-state index in [2.05, 4.69) is 16.9 Å². The van der Waals surface area contributed by atoms with Crippen LogP contribution in [0, 0.1) is 5.92 Å². The number of allylic oxidation sites excluding steroid dienone is 1. The van der Waals surface area contributed by atoms with Gasteiger partial charge in [0.05, 0.1) is 18.8 Å². The summed E-state index contributed by atoms with van der Waals surface area (Å²) >= 11 is 0. The van der Waals surface area contributed by atoms with Crippen molar-refractivity contribution in [1.82, 2.24) is 0 Å². The fraction of sp³-hybridized carbons (Fsp3) is 0.400. The van der Waals surface area contributed by atoms with E-state index >= 15 is 0 Å². The number of methoxy groups -OCH3 is 1. The summed E-state index contributed by atoms with van der Waals surface area (Å²) in [4.78, 5) is 11.3. The maximum absolute atomic E-state index is 11.3. The fourth-order valence-corrected chi connectivity index (χ4v) is 2.28. The van der Waals surface area contributed by atoms with Crippen molar-refractivity contribution in [2.24, 2.45) is 5.92 Å². The minimum Gasteiger partial charge on any atom is -0.465 e. The highest BCUT2D eigenvalue weighted by Crippen LogP contribution is 2.30. The molecule has 1 aliphatic carbocycles. The average molecular weight is 246 g/mol. The predicted molar refractivity (Wildman–Crippen MR) is 69.2 cm³/mol. The van der Waals surface area contributed by atoms with E-state index in [1.165, 1.54) is 7.11 Å². The molecule has 1 N–H and O–H groups in total. The average Bonchev–Trinajstić information content (AvgIpc) is 2.47. The van der Waals surface area contributed by atoms with Gasteiger partial charge in [0.25, 0.3) is 0 Å². The Labute approximate surface area is 107 Å². The van der Waals surface area contributed by atoms with Crippen LogP contribution in [-0.2, 0) is 4.74 Å². The zero-order valence-corrected chi connectivity index (χ0v) is 10.5. The third kappa shape index (κ3) is 2.79. The van der Waals surface area contributed by atoms with Crippen molar-refractivity contribution in [3.63, 3.8) is 0 Å². The van der Waals surface area contributed by atoms with Crippen molar-refractivity contribution in [2.45, 2.75) is 25.4 Å². The van der Waals surface area contributed by atoms with Crippen LogP contribution in [0.4, 0.5) is 0 Å². The van der Waals surface area contributed by atoms with E-state index in [9.17, 15) is 9.90 Å². The van der Waals surface area contributed by atoms with Crippen LogP contribution in [0.2, 0.25) is 0 Å². The third-order valence-corrected chi connectivity index (χ3v) is 3.37. The van der Waals surface area contributed by atoms with Gasteiger partial charge in [-0.25, -0.2) is 4.79 Å². The van der Waals surface area contributed by atoms with Crippen LogP contribution < -0.4 is 0 Å². The molecule has 1 unspecified atom stereocenters. The molecule has 0 amide bonds. The van der Waals surface area contributed by atoms with E-state index in [1.54, 1.807) is 24.3 Å². The van der Waals surface area contributed by atoms with Gasteiger partial charge in [0.15, 0.2) is 0 Å². The molecule has 0 heterocycles. The molecule has 96 valence electrons. The van der Waals surface area contributed by atoms with Gasteiger partial charge in [0, 0.05) is 5.92 Å². The molecular weight excluding hydrogens is 228 g/mol. The minimum atomic E-state index is -0.492. The number of aliphatic hydroxyl groups excluding tert-OH is 1. The molecule has 0 bridgehead atoms. The molecule has 0 aromatic heterocycles. The lowest BCUT2D eigenvalue weighted by Gasteiger charge is -2.22. The molecule has 1 aromatic carbocycles. The Balaban J connectivity index is 2.11. The first kappa shape index (κ1) is 12.8. The molecule has 3 heteroatoms. The highest BCUT2D eigenvalue weighted by molar-refractivity contribution is 5.89. The maximum Gasteiger partial charge on any atom is 0.337 e. The van der Waals surface area contributed by atoms with E-state index in [4.69, 9.17) is 0 Å². The normalized spacial score (nSPS) is 20.4. The van der Waals surface area contributed by atoms with E-state index in [0.29, 0.717) is 5.56 Å². The Morgan fingerprint density at radius 1 is 1.39 bits per heavy atom. The topological polar surface area (TPSA) is 46.5 Å². The van der Waals surface area contributed by atoms with Gasteiger partial charge in [0.1, 0.15) is 0 Å². The Morgan fingerprint density at radius 2 is 2.11 bits per heavy atom. The summed E-state index contributed by atoms with van der Waals surface area (Å²) < 4.78 is 4.64. The molecule has 2 atom stereocenters. The largest absolute Gasteiger partial charge is 0.465 e. The van der Waals surface area contributed by atoms with Crippen molar-refractivity contribution in [2.75, 3.05) is 7.11 Å². The third-order valence-electron chi connectivity index (χ3n) is 3.37. The zero-order chi connectivity index (χ0) is 13.0. The smallest absolute Gasteiger partial charge is 0.337 e. The van der Waals surface area contributed by atoms with Crippen LogP contribution in [0.25, 0.3) is 0 Å². The van der Waals surface area contributed by atoms with E-state index in [0.717, 1.165) is 24.8 Å². The van der Waals surface area contributed by atoms with Gasteiger partial charge in [-0.3, -0.25) is 0 Å². The second kappa shape index (κ2) is 5.83. The fourth-order valence-electron chi connectivity index (χ4n) is 2.28. The molecule has 2 rings (SSSR count). The number of hydrogen-bond acceptors (Lipinski definition) is 3. The molecule has 0 saturated heterocycles. The van der Waals surface area contributed by atoms with Gasteiger partial charge < -0.3 is 9.84 Å². The van der Waals surface area contributed by atoms with Gasteiger partial charge in [0.2, 0.25) is 0 Å². The number of hydrogen-bond donors (Lipinski definition) is 1. The van der Waals surface area contributed by atoms with Crippen molar-refractivity contribution in [3.8, 4) is 0 Å². The highest BCUT2D eigenvalue weighted by atomic mass is 16.5. The first-order valence-electron chi connectivity index (χ1n) is 6.25. The van der Waals surface area contributed by atoms with Gasteiger partial charge in [-0.2, -0.15) is 0 Å². The molecule has 18 heavy (non-hydrogen) atoms. The SMILES string of the molecule is COC(=O)c1ccc(C(O)[C@@H]2C=CCCC2)cc1. The molecular formula is C15H18O3. The molecule has 1 aliphatic rings. The van der Waals surface area contributed by atoms with Crippen LogP contribution in [0.15, 0.2) is 36.4 Å². The highest BCUT2D eigenvalue weighted by Gasteiger charge is 2.20. The van der Waals surface area contributed by atoms with Gasteiger partial charge >= 0.3 is 5.97 Å². The summed E-state index contributed by atoms with van der Waals surface area (Å²) in [6, 6.07) is 6.96. The number of carbonyl (C=O) groups is 1. The standard InChI is InChI=1S/C15H18O3/c1-18-15(17)13-9-7-12(8-10-13)14(16)11-5-3-2-4-6-11/h3,5,7-11,14,16H,2,4,6H2,1H3/t11-,14?/m1/s1. The van der Waals surface area contributed by atoms with Gasteiger partial charge in [-0.05, 0) is 37.0 Å². The molecule has 0 saturated carbocycles. The predicted octanol–water partition coefficient (Wildman–Crippen LogP) is 2.86. The van der Waals surface area contributed by atoms with Gasteiger partial charge in [-0.15, -0.1) is 0 Å². The number of ether oxygens (including phenoxy) is 1.